The third-order valence-corrected chi connectivity index (χ3v) is 5.51. The summed E-state index contributed by atoms with van der Waals surface area (Å²) in [5, 5.41) is 11.0. The second kappa shape index (κ2) is 5.21. The van der Waals surface area contributed by atoms with Gasteiger partial charge in [-0.25, -0.2) is 8.42 Å². The molecule has 104 valence electrons. The van der Waals surface area contributed by atoms with E-state index in [1.54, 1.807) is 13.0 Å². The van der Waals surface area contributed by atoms with Gasteiger partial charge in [-0.3, -0.25) is 4.79 Å². The van der Waals surface area contributed by atoms with Crippen LogP contribution in [0.5, 0.6) is 5.75 Å². The number of carbonyl (C=O) groups is 1. The number of sulfone groups is 1. The Morgan fingerprint density at radius 2 is 2.11 bits per heavy atom. The number of anilines is 1. The van der Waals surface area contributed by atoms with Crippen molar-refractivity contribution in [1.29, 1.82) is 0 Å². The van der Waals surface area contributed by atoms with E-state index in [1.807, 2.05) is 0 Å². The predicted molar refractivity (Wildman–Crippen MR) is 72.9 cm³/mol. The largest absolute Gasteiger partial charge is 0.508 e. The number of aromatic hydroxyl groups is 1. The summed E-state index contributed by atoms with van der Waals surface area (Å²) in [4.78, 5) is 12.1. The molecular weight excluding hydrogens is 266 g/mol. The summed E-state index contributed by atoms with van der Waals surface area (Å²) < 4.78 is 23.7. The van der Waals surface area contributed by atoms with Crippen molar-refractivity contribution >= 4 is 21.4 Å². The van der Waals surface area contributed by atoms with E-state index in [9.17, 15) is 18.3 Å². The zero-order chi connectivity index (χ0) is 14.0. The predicted octanol–water partition coefficient (Wildman–Crippen LogP) is 1.61. The molecule has 1 amide bonds. The fourth-order valence-corrected chi connectivity index (χ4v) is 4.05. The van der Waals surface area contributed by atoms with Gasteiger partial charge in [0.1, 0.15) is 11.0 Å². The third-order valence-electron chi connectivity index (χ3n) is 3.34. The van der Waals surface area contributed by atoms with E-state index in [0.717, 1.165) is 6.42 Å². The van der Waals surface area contributed by atoms with Crippen molar-refractivity contribution in [1.82, 2.24) is 0 Å². The van der Waals surface area contributed by atoms with Crippen LogP contribution in [0, 0.1) is 6.92 Å². The second-order valence-corrected chi connectivity index (χ2v) is 7.14. The fraction of sp³-hybridized carbons (Fsp3) is 0.462. The lowest BCUT2D eigenvalue weighted by Crippen LogP contribution is -2.39. The first-order valence-electron chi connectivity index (χ1n) is 6.22. The highest BCUT2D eigenvalue weighted by Crippen LogP contribution is 2.24. The Labute approximate surface area is 112 Å². The third kappa shape index (κ3) is 3.07. The Morgan fingerprint density at radius 3 is 2.74 bits per heavy atom. The number of benzene rings is 1. The summed E-state index contributed by atoms with van der Waals surface area (Å²) in [6.07, 6.45) is 1.77. The van der Waals surface area contributed by atoms with Crippen LogP contribution >= 0.6 is 0 Å². The van der Waals surface area contributed by atoms with Crippen molar-refractivity contribution in [3.8, 4) is 5.75 Å². The highest BCUT2D eigenvalue weighted by molar-refractivity contribution is 7.92. The van der Waals surface area contributed by atoms with Crippen LogP contribution in [0.4, 0.5) is 5.69 Å². The number of phenols is 1. The molecule has 0 saturated carbocycles. The Morgan fingerprint density at radius 1 is 1.37 bits per heavy atom. The molecule has 0 aliphatic carbocycles. The number of aryl methyl sites for hydroxylation is 1. The van der Waals surface area contributed by atoms with Crippen molar-refractivity contribution < 1.29 is 18.3 Å². The highest BCUT2D eigenvalue weighted by Gasteiger charge is 2.34. The van der Waals surface area contributed by atoms with Gasteiger partial charge in [-0.2, -0.15) is 0 Å². The van der Waals surface area contributed by atoms with E-state index in [0.29, 0.717) is 24.1 Å². The Balaban J connectivity index is 2.17. The lowest BCUT2D eigenvalue weighted by atomic mass is 10.1. The van der Waals surface area contributed by atoms with Crippen LogP contribution in [-0.2, 0) is 14.6 Å². The standard InChI is InChI=1S/C13H17NO4S/c1-9-8-10(15)5-6-11(9)14-13(16)12-4-2-3-7-19(12,17)18/h5-6,8,12,15H,2-4,7H2,1H3,(H,14,16). The lowest BCUT2D eigenvalue weighted by Gasteiger charge is -2.21. The molecule has 1 atom stereocenters. The quantitative estimate of drug-likeness (QED) is 0.808. The Kier molecular flexibility index (Phi) is 3.80. The molecule has 2 rings (SSSR count). The summed E-state index contributed by atoms with van der Waals surface area (Å²) in [6.45, 7) is 1.74. The van der Waals surface area contributed by atoms with Gasteiger partial charge in [-0.05, 0) is 43.5 Å². The van der Waals surface area contributed by atoms with Crippen molar-refractivity contribution in [2.45, 2.75) is 31.4 Å². The molecule has 0 spiro atoms. The molecule has 2 N–H and O–H groups in total. The number of carbonyl (C=O) groups excluding carboxylic acids is 1. The molecular formula is C13H17NO4S. The fourth-order valence-electron chi connectivity index (χ4n) is 2.25. The molecule has 1 aromatic carbocycles. The van der Waals surface area contributed by atoms with Crippen LogP contribution < -0.4 is 5.32 Å². The smallest absolute Gasteiger partial charge is 0.242 e. The topological polar surface area (TPSA) is 83.5 Å². The van der Waals surface area contributed by atoms with Gasteiger partial charge in [-0.1, -0.05) is 6.42 Å². The van der Waals surface area contributed by atoms with Gasteiger partial charge >= 0.3 is 0 Å². The van der Waals surface area contributed by atoms with Crippen LogP contribution in [0.15, 0.2) is 18.2 Å². The van der Waals surface area contributed by atoms with Crippen LogP contribution in [-0.4, -0.2) is 30.4 Å². The lowest BCUT2D eigenvalue weighted by molar-refractivity contribution is -0.116. The summed E-state index contributed by atoms with van der Waals surface area (Å²) in [6, 6.07) is 4.54. The van der Waals surface area contributed by atoms with Gasteiger partial charge in [0.25, 0.3) is 0 Å². The first-order valence-corrected chi connectivity index (χ1v) is 7.94. The first kappa shape index (κ1) is 13.9. The number of hydrogen-bond donors (Lipinski definition) is 2. The molecule has 1 unspecified atom stereocenters. The zero-order valence-electron chi connectivity index (χ0n) is 10.7. The highest BCUT2D eigenvalue weighted by atomic mass is 32.2. The van der Waals surface area contributed by atoms with E-state index in [4.69, 9.17) is 0 Å². The van der Waals surface area contributed by atoms with Crippen molar-refractivity contribution in [3.05, 3.63) is 23.8 Å². The number of amides is 1. The molecule has 0 aromatic heterocycles. The van der Waals surface area contributed by atoms with E-state index >= 15 is 0 Å². The maximum atomic E-state index is 12.1. The molecule has 1 aliphatic rings. The van der Waals surface area contributed by atoms with E-state index in [1.165, 1.54) is 12.1 Å². The molecule has 1 fully saturated rings. The molecule has 6 heteroatoms. The molecule has 19 heavy (non-hydrogen) atoms. The molecule has 1 heterocycles. The zero-order valence-corrected chi connectivity index (χ0v) is 11.5. The van der Waals surface area contributed by atoms with Crippen molar-refractivity contribution in [3.63, 3.8) is 0 Å². The molecule has 0 bridgehead atoms. The molecule has 0 radical (unpaired) electrons. The van der Waals surface area contributed by atoms with Crippen LogP contribution in [0.3, 0.4) is 0 Å². The van der Waals surface area contributed by atoms with Gasteiger partial charge in [0.2, 0.25) is 5.91 Å². The number of nitrogens with one attached hydrogen (secondary N) is 1. The van der Waals surface area contributed by atoms with Crippen LogP contribution in [0.1, 0.15) is 24.8 Å². The average molecular weight is 283 g/mol. The summed E-state index contributed by atoms with van der Waals surface area (Å²) in [7, 11) is -3.33. The minimum Gasteiger partial charge on any atom is -0.508 e. The van der Waals surface area contributed by atoms with Gasteiger partial charge in [-0.15, -0.1) is 0 Å². The number of rotatable bonds is 2. The van der Waals surface area contributed by atoms with E-state index in [-0.39, 0.29) is 11.5 Å². The van der Waals surface area contributed by atoms with Crippen LogP contribution in [0.25, 0.3) is 0 Å². The van der Waals surface area contributed by atoms with Gasteiger partial charge < -0.3 is 10.4 Å². The van der Waals surface area contributed by atoms with Crippen LogP contribution in [0.2, 0.25) is 0 Å². The Bertz CT molecular complexity index is 595. The maximum Gasteiger partial charge on any atom is 0.242 e. The van der Waals surface area contributed by atoms with Gasteiger partial charge in [0, 0.05) is 5.69 Å². The second-order valence-electron chi connectivity index (χ2n) is 4.84. The molecule has 1 aliphatic heterocycles. The first-order chi connectivity index (χ1) is 8.90. The van der Waals surface area contributed by atoms with Crippen molar-refractivity contribution in [2.24, 2.45) is 0 Å². The van der Waals surface area contributed by atoms with Crippen molar-refractivity contribution in [2.75, 3.05) is 11.1 Å². The molecule has 1 aromatic rings. The molecule has 5 nitrogen and oxygen atoms in total. The molecule has 1 saturated heterocycles. The SMILES string of the molecule is Cc1cc(O)ccc1NC(=O)C1CCCCS1(=O)=O. The summed E-state index contributed by atoms with van der Waals surface area (Å²) in [5.41, 5.74) is 1.23. The van der Waals surface area contributed by atoms with Gasteiger partial charge in [0.15, 0.2) is 9.84 Å². The number of phenolic OH excluding ortho intramolecular Hbond substituents is 1. The Hall–Kier alpha value is -1.56. The summed E-state index contributed by atoms with van der Waals surface area (Å²) >= 11 is 0. The maximum absolute atomic E-state index is 12.1. The number of hydrogen-bond acceptors (Lipinski definition) is 4. The van der Waals surface area contributed by atoms with Gasteiger partial charge in [0.05, 0.1) is 5.75 Å². The minimum absolute atomic E-state index is 0.0830. The minimum atomic E-state index is -3.33. The average Bonchev–Trinajstić information content (AvgIpc) is 2.32. The monoisotopic (exact) mass is 283 g/mol. The normalized spacial score (nSPS) is 21.8. The van der Waals surface area contributed by atoms with E-state index < -0.39 is 21.0 Å². The summed E-state index contributed by atoms with van der Waals surface area (Å²) in [5.74, 6) is -0.283. The van der Waals surface area contributed by atoms with E-state index in [2.05, 4.69) is 5.32 Å².